The number of fused-ring (bicyclic) bond motifs is 1. The van der Waals surface area contributed by atoms with E-state index < -0.39 is 0 Å². The normalized spacial score (nSPS) is 19.5. The van der Waals surface area contributed by atoms with Gasteiger partial charge in [-0.2, -0.15) is 9.61 Å². The van der Waals surface area contributed by atoms with Crippen molar-refractivity contribution >= 4 is 17.3 Å². The largest absolute Gasteiger partial charge is 0.367 e. The maximum atomic E-state index is 4.85. The lowest BCUT2D eigenvalue weighted by Gasteiger charge is -2.33. The van der Waals surface area contributed by atoms with Crippen LogP contribution in [0.1, 0.15) is 43.7 Å². The minimum Gasteiger partial charge on any atom is -0.367 e. The fourth-order valence-electron chi connectivity index (χ4n) is 4.05. The van der Waals surface area contributed by atoms with Gasteiger partial charge >= 0.3 is 0 Å². The summed E-state index contributed by atoms with van der Waals surface area (Å²) in [6, 6.07) is 6.45. The first kappa shape index (κ1) is 18.5. The second kappa shape index (κ2) is 8.00. The van der Waals surface area contributed by atoms with E-state index in [9.17, 15) is 0 Å². The summed E-state index contributed by atoms with van der Waals surface area (Å²) < 4.78 is 1.87. The number of aromatic nitrogens is 4. The Morgan fingerprint density at radius 1 is 1.29 bits per heavy atom. The summed E-state index contributed by atoms with van der Waals surface area (Å²) >= 11 is 0. The summed E-state index contributed by atoms with van der Waals surface area (Å²) in [5.74, 6) is 2.32. The van der Waals surface area contributed by atoms with Crippen LogP contribution in [-0.2, 0) is 6.54 Å². The molecule has 0 unspecified atom stereocenters. The van der Waals surface area contributed by atoms with Gasteiger partial charge in [0.05, 0.1) is 6.20 Å². The van der Waals surface area contributed by atoms with E-state index >= 15 is 0 Å². The summed E-state index contributed by atoms with van der Waals surface area (Å²) in [7, 11) is 0. The van der Waals surface area contributed by atoms with Crippen LogP contribution < -0.4 is 10.6 Å². The van der Waals surface area contributed by atoms with Crippen LogP contribution in [-0.4, -0.2) is 25.6 Å². The minimum atomic E-state index is 0.385. The van der Waals surface area contributed by atoms with Crippen molar-refractivity contribution in [3.63, 3.8) is 0 Å². The highest BCUT2D eigenvalue weighted by atomic mass is 15.3. The van der Waals surface area contributed by atoms with Crippen LogP contribution in [0, 0.1) is 12.8 Å². The van der Waals surface area contributed by atoms with E-state index in [1.54, 1.807) is 6.20 Å². The fraction of sp³-hybridized carbons (Fsp3) is 0.409. The van der Waals surface area contributed by atoms with Crippen molar-refractivity contribution in [1.82, 2.24) is 19.6 Å². The molecule has 0 amide bonds. The summed E-state index contributed by atoms with van der Waals surface area (Å²) in [5, 5.41) is 11.7. The summed E-state index contributed by atoms with van der Waals surface area (Å²) in [5.41, 5.74) is 4.32. The van der Waals surface area contributed by atoms with Gasteiger partial charge in [-0.1, -0.05) is 31.1 Å². The maximum Gasteiger partial charge on any atom is 0.162 e. The molecule has 3 aromatic heterocycles. The number of rotatable bonds is 6. The van der Waals surface area contributed by atoms with E-state index in [2.05, 4.69) is 46.4 Å². The first-order valence-electron chi connectivity index (χ1n) is 10.0. The van der Waals surface area contributed by atoms with Crippen LogP contribution in [0.15, 0.2) is 48.9 Å². The quantitative estimate of drug-likeness (QED) is 0.616. The van der Waals surface area contributed by atoms with Crippen molar-refractivity contribution in [3.05, 3.63) is 60.1 Å². The molecule has 2 atom stereocenters. The lowest BCUT2D eigenvalue weighted by atomic mass is 9.80. The van der Waals surface area contributed by atoms with Crippen LogP contribution in [0.2, 0.25) is 0 Å². The van der Waals surface area contributed by atoms with Crippen LogP contribution in [0.25, 0.3) is 5.65 Å². The number of nitrogens with zero attached hydrogens (tertiary/aromatic N) is 4. The first-order chi connectivity index (χ1) is 13.6. The Hall–Kier alpha value is -2.89. The van der Waals surface area contributed by atoms with Crippen LogP contribution >= 0.6 is 0 Å². The van der Waals surface area contributed by atoms with Crippen molar-refractivity contribution in [1.29, 1.82) is 0 Å². The molecule has 0 aromatic carbocycles. The number of anilines is 2. The van der Waals surface area contributed by atoms with Crippen LogP contribution in [0.3, 0.4) is 0 Å². The SMILES string of the molecule is C=C(C)[C@H]1CCCC[C@H]1Nc1cc(NCc2cccnc2)n2ncc(C)c2n1. The monoisotopic (exact) mass is 376 g/mol. The second-order valence-electron chi connectivity index (χ2n) is 7.79. The molecule has 1 fully saturated rings. The molecule has 1 saturated carbocycles. The van der Waals surface area contributed by atoms with Crippen molar-refractivity contribution in [2.75, 3.05) is 10.6 Å². The van der Waals surface area contributed by atoms with Gasteiger partial charge in [-0.3, -0.25) is 4.98 Å². The smallest absolute Gasteiger partial charge is 0.162 e. The summed E-state index contributed by atoms with van der Waals surface area (Å²) in [6.45, 7) is 9.08. The van der Waals surface area contributed by atoms with Gasteiger partial charge in [0.15, 0.2) is 5.65 Å². The lowest BCUT2D eigenvalue weighted by Crippen LogP contribution is -2.33. The molecule has 1 aliphatic rings. The number of pyridine rings is 1. The molecule has 0 spiro atoms. The van der Waals surface area contributed by atoms with Crippen molar-refractivity contribution in [2.24, 2.45) is 5.92 Å². The van der Waals surface area contributed by atoms with E-state index in [-0.39, 0.29) is 0 Å². The highest BCUT2D eigenvalue weighted by Gasteiger charge is 2.26. The Morgan fingerprint density at radius 3 is 2.93 bits per heavy atom. The first-order valence-corrected chi connectivity index (χ1v) is 10.0. The third-order valence-corrected chi connectivity index (χ3v) is 5.58. The molecular formula is C22H28N6. The molecule has 1 aliphatic carbocycles. The molecule has 2 N–H and O–H groups in total. The second-order valence-corrected chi connectivity index (χ2v) is 7.79. The van der Waals surface area contributed by atoms with E-state index in [4.69, 9.17) is 4.98 Å². The molecule has 28 heavy (non-hydrogen) atoms. The van der Waals surface area contributed by atoms with Gasteiger partial charge in [-0.25, -0.2) is 4.98 Å². The maximum absolute atomic E-state index is 4.85. The molecule has 6 heteroatoms. The molecule has 0 aliphatic heterocycles. The predicted molar refractivity (Wildman–Crippen MR) is 113 cm³/mol. The zero-order valence-electron chi connectivity index (χ0n) is 16.7. The molecule has 0 radical (unpaired) electrons. The molecule has 3 heterocycles. The molecule has 146 valence electrons. The highest BCUT2D eigenvalue weighted by molar-refractivity contribution is 5.60. The predicted octanol–water partition coefficient (Wildman–Crippen LogP) is 4.59. The molecular weight excluding hydrogens is 348 g/mol. The van der Waals surface area contributed by atoms with Gasteiger partial charge in [0, 0.05) is 36.6 Å². The summed E-state index contributed by atoms with van der Waals surface area (Å²) in [4.78, 5) is 9.03. The molecule has 0 saturated heterocycles. The summed E-state index contributed by atoms with van der Waals surface area (Å²) in [6.07, 6.45) is 10.4. The lowest BCUT2D eigenvalue weighted by molar-refractivity contribution is 0.366. The van der Waals surface area contributed by atoms with Gasteiger partial charge in [0.1, 0.15) is 11.6 Å². The third-order valence-electron chi connectivity index (χ3n) is 5.58. The number of hydrogen-bond acceptors (Lipinski definition) is 5. The topological polar surface area (TPSA) is 67.1 Å². The van der Waals surface area contributed by atoms with E-state index in [0.29, 0.717) is 18.5 Å². The van der Waals surface area contributed by atoms with E-state index in [0.717, 1.165) is 34.8 Å². The average molecular weight is 377 g/mol. The van der Waals surface area contributed by atoms with Gasteiger partial charge in [0.25, 0.3) is 0 Å². The van der Waals surface area contributed by atoms with Crippen molar-refractivity contribution in [3.8, 4) is 0 Å². The third kappa shape index (κ3) is 3.86. The number of hydrogen-bond donors (Lipinski definition) is 2. The highest BCUT2D eigenvalue weighted by Crippen LogP contribution is 2.32. The molecule has 6 nitrogen and oxygen atoms in total. The van der Waals surface area contributed by atoms with Crippen LogP contribution in [0.5, 0.6) is 0 Å². The van der Waals surface area contributed by atoms with Gasteiger partial charge < -0.3 is 10.6 Å². The average Bonchev–Trinajstić information content (AvgIpc) is 3.08. The van der Waals surface area contributed by atoms with Crippen molar-refractivity contribution in [2.45, 2.75) is 52.1 Å². The molecule has 4 rings (SSSR count). The zero-order chi connectivity index (χ0) is 19.5. The van der Waals surface area contributed by atoms with Crippen molar-refractivity contribution < 1.29 is 0 Å². The van der Waals surface area contributed by atoms with Gasteiger partial charge in [0.2, 0.25) is 0 Å². The molecule has 3 aromatic rings. The van der Waals surface area contributed by atoms with Gasteiger partial charge in [-0.05, 0) is 44.2 Å². The number of aryl methyl sites for hydroxylation is 1. The standard InChI is InChI=1S/C22H28N6/c1-15(2)18-8-4-5-9-19(18)26-20-11-21(24-14-17-7-6-10-23-13-17)28-22(27-20)16(3)12-25-28/h6-7,10-13,18-19,24H,1,4-5,8-9,14H2,2-3H3,(H,26,27)/t18-,19-/m1/s1. The Labute approximate surface area is 166 Å². The molecule has 0 bridgehead atoms. The van der Waals surface area contributed by atoms with E-state index in [1.807, 2.05) is 29.9 Å². The Morgan fingerprint density at radius 2 is 2.14 bits per heavy atom. The minimum absolute atomic E-state index is 0.385. The Bertz CT molecular complexity index is 962. The van der Waals surface area contributed by atoms with Gasteiger partial charge in [-0.15, -0.1) is 0 Å². The zero-order valence-corrected chi connectivity index (χ0v) is 16.7. The Kier molecular flexibility index (Phi) is 5.28. The fourth-order valence-corrected chi connectivity index (χ4v) is 4.05. The Balaban J connectivity index is 1.61. The van der Waals surface area contributed by atoms with E-state index in [1.165, 1.54) is 24.8 Å². The number of nitrogens with one attached hydrogen (secondary N) is 2. The van der Waals surface area contributed by atoms with Crippen LogP contribution in [0.4, 0.5) is 11.6 Å².